The number of hydrogen-bond acceptors (Lipinski definition) is 5. The van der Waals surface area contributed by atoms with Crippen molar-refractivity contribution in [2.45, 2.75) is 12.7 Å². The van der Waals surface area contributed by atoms with Crippen LogP contribution in [0.15, 0.2) is 54.9 Å². The average Bonchev–Trinajstić information content (AvgIpc) is 3.39. The van der Waals surface area contributed by atoms with Gasteiger partial charge in [-0.1, -0.05) is 29.3 Å². The lowest BCUT2D eigenvalue weighted by Gasteiger charge is -2.08. The molecular formula is C22H17Cl2F3N6O2. The van der Waals surface area contributed by atoms with Crippen LogP contribution in [-0.2, 0) is 12.7 Å². The number of halogens is 5. The van der Waals surface area contributed by atoms with Gasteiger partial charge in [-0.05, 0) is 36.4 Å². The molecule has 2 heterocycles. The molecule has 0 unspecified atom stereocenters. The largest absolute Gasteiger partial charge is 0.434 e. The van der Waals surface area contributed by atoms with Crippen LogP contribution in [0, 0.1) is 0 Å². The number of carbonyl (C=O) groups excluding carboxylic acids is 1. The first-order valence-corrected chi connectivity index (χ1v) is 10.8. The van der Waals surface area contributed by atoms with Gasteiger partial charge >= 0.3 is 6.18 Å². The van der Waals surface area contributed by atoms with E-state index < -0.39 is 17.8 Å². The van der Waals surface area contributed by atoms with Crippen LogP contribution in [-0.4, -0.2) is 37.0 Å². The molecule has 0 saturated heterocycles. The van der Waals surface area contributed by atoms with Crippen LogP contribution >= 0.6 is 23.2 Å². The highest BCUT2D eigenvalue weighted by atomic mass is 35.5. The van der Waals surface area contributed by atoms with E-state index in [-0.39, 0.29) is 30.4 Å². The maximum absolute atomic E-state index is 13.1. The molecule has 1 amide bonds. The highest BCUT2D eigenvalue weighted by Gasteiger charge is 2.35. The van der Waals surface area contributed by atoms with Crippen molar-refractivity contribution in [1.29, 1.82) is 0 Å². The lowest BCUT2D eigenvalue weighted by molar-refractivity contribution is -0.140. The number of benzene rings is 2. The molecule has 0 spiro atoms. The van der Waals surface area contributed by atoms with E-state index in [1.54, 1.807) is 42.5 Å². The SMILES string of the molecule is NC(=O)c1nn(-c2c(Cl)cccc2Cl)cc1Nc1ccc(-c2nc(C(F)(F)F)cn2CCO)cc1. The van der Waals surface area contributed by atoms with Crippen molar-refractivity contribution >= 4 is 40.5 Å². The highest BCUT2D eigenvalue weighted by Crippen LogP contribution is 2.33. The number of aliphatic hydroxyl groups is 1. The number of imidazole rings is 1. The van der Waals surface area contributed by atoms with Gasteiger partial charge in [-0.15, -0.1) is 0 Å². The van der Waals surface area contributed by atoms with E-state index in [0.717, 1.165) is 6.20 Å². The summed E-state index contributed by atoms with van der Waals surface area (Å²) < 4.78 is 41.9. The number of nitrogens with two attached hydrogens (primary N) is 1. The minimum absolute atomic E-state index is 0.0514. The van der Waals surface area contributed by atoms with Crippen LogP contribution in [0.3, 0.4) is 0 Å². The molecule has 4 rings (SSSR count). The van der Waals surface area contributed by atoms with Gasteiger partial charge in [-0.3, -0.25) is 4.79 Å². The molecular weight excluding hydrogens is 508 g/mol. The third-order valence-corrected chi connectivity index (χ3v) is 5.55. The number of aromatic nitrogens is 4. The topological polar surface area (TPSA) is 111 Å². The van der Waals surface area contributed by atoms with Crippen molar-refractivity contribution in [3.05, 3.63) is 76.3 Å². The average molecular weight is 525 g/mol. The summed E-state index contributed by atoms with van der Waals surface area (Å²) in [4.78, 5) is 15.6. The predicted octanol–water partition coefficient (Wildman–Crippen LogP) is 4.90. The molecule has 4 aromatic rings. The lowest BCUT2D eigenvalue weighted by Crippen LogP contribution is -2.14. The summed E-state index contributed by atoms with van der Waals surface area (Å²) in [6.07, 6.45) is -2.28. The summed E-state index contributed by atoms with van der Waals surface area (Å²) in [5.41, 5.74) is 5.87. The van der Waals surface area contributed by atoms with Gasteiger partial charge in [0.2, 0.25) is 0 Å². The predicted molar refractivity (Wildman–Crippen MR) is 125 cm³/mol. The Morgan fingerprint density at radius 2 is 1.74 bits per heavy atom. The van der Waals surface area contributed by atoms with Gasteiger partial charge in [0.25, 0.3) is 5.91 Å². The third-order valence-electron chi connectivity index (χ3n) is 4.94. The van der Waals surface area contributed by atoms with Gasteiger partial charge in [-0.2, -0.15) is 18.3 Å². The molecule has 182 valence electrons. The second-order valence-electron chi connectivity index (χ2n) is 7.34. The summed E-state index contributed by atoms with van der Waals surface area (Å²) in [6.45, 7) is -0.403. The molecule has 4 N–H and O–H groups in total. The molecule has 0 aliphatic rings. The highest BCUT2D eigenvalue weighted by molar-refractivity contribution is 6.37. The maximum atomic E-state index is 13.1. The molecule has 2 aromatic carbocycles. The summed E-state index contributed by atoms with van der Waals surface area (Å²) in [5, 5.41) is 17.0. The van der Waals surface area contributed by atoms with Crippen LogP contribution in [0.2, 0.25) is 10.0 Å². The number of nitrogens with one attached hydrogen (secondary N) is 1. The Labute approximate surface area is 206 Å². The molecule has 0 radical (unpaired) electrons. The fourth-order valence-electron chi connectivity index (χ4n) is 3.39. The molecule has 0 aliphatic carbocycles. The van der Waals surface area contributed by atoms with Crippen LogP contribution in [0.4, 0.5) is 24.5 Å². The number of alkyl halides is 3. The van der Waals surface area contributed by atoms with Crippen molar-refractivity contribution in [2.24, 2.45) is 5.73 Å². The zero-order valence-corrected chi connectivity index (χ0v) is 19.2. The first-order chi connectivity index (χ1) is 16.6. The van der Waals surface area contributed by atoms with Crippen LogP contribution in [0.1, 0.15) is 16.2 Å². The minimum atomic E-state index is -4.62. The van der Waals surface area contributed by atoms with Gasteiger partial charge in [0.05, 0.1) is 28.5 Å². The quantitative estimate of drug-likeness (QED) is 0.318. The van der Waals surface area contributed by atoms with Crippen LogP contribution in [0.25, 0.3) is 17.1 Å². The number of amides is 1. The molecule has 35 heavy (non-hydrogen) atoms. The number of para-hydroxylation sites is 1. The molecule has 0 bridgehead atoms. The Morgan fingerprint density at radius 1 is 1.09 bits per heavy atom. The van der Waals surface area contributed by atoms with Gasteiger partial charge < -0.3 is 20.7 Å². The van der Waals surface area contributed by atoms with Crippen LogP contribution < -0.4 is 11.1 Å². The first kappa shape index (κ1) is 24.6. The van der Waals surface area contributed by atoms with Crippen molar-refractivity contribution in [3.8, 4) is 17.1 Å². The zero-order chi connectivity index (χ0) is 25.3. The molecule has 0 aliphatic heterocycles. The minimum Gasteiger partial charge on any atom is -0.395 e. The molecule has 0 saturated carbocycles. The van der Waals surface area contributed by atoms with Gasteiger partial charge in [0.1, 0.15) is 11.5 Å². The smallest absolute Gasteiger partial charge is 0.395 e. The van der Waals surface area contributed by atoms with E-state index in [9.17, 15) is 23.1 Å². The lowest BCUT2D eigenvalue weighted by atomic mass is 10.2. The second-order valence-corrected chi connectivity index (χ2v) is 8.15. The van der Waals surface area contributed by atoms with E-state index in [0.29, 0.717) is 27.0 Å². The number of nitrogens with zero attached hydrogens (tertiary/aromatic N) is 4. The molecule has 2 aromatic heterocycles. The van der Waals surface area contributed by atoms with Crippen molar-refractivity contribution < 1.29 is 23.1 Å². The number of primary amides is 1. The number of carbonyl (C=O) groups is 1. The normalized spacial score (nSPS) is 11.6. The van der Waals surface area contributed by atoms with Gasteiger partial charge in [0, 0.05) is 24.0 Å². The summed E-state index contributed by atoms with van der Waals surface area (Å²) in [7, 11) is 0. The zero-order valence-electron chi connectivity index (χ0n) is 17.7. The summed E-state index contributed by atoms with van der Waals surface area (Å²) >= 11 is 12.5. The number of hydrogen-bond donors (Lipinski definition) is 3. The Kier molecular flexibility index (Phi) is 6.75. The van der Waals surface area contributed by atoms with Crippen LogP contribution in [0.5, 0.6) is 0 Å². The molecule has 8 nitrogen and oxygen atoms in total. The Morgan fingerprint density at radius 3 is 2.31 bits per heavy atom. The van der Waals surface area contributed by atoms with Gasteiger partial charge in [-0.25, -0.2) is 9.67 Å². The number of anilines is 2. The standard InChI is InChI=1S/C22H17Cl2F3N6O2/c23-14-2-1-3-15(24)19(14)33-10-16(18(31-33)20(28)35)29-13-6-4-12(5-7-13)21-30-17(22(25,26)27)11-32(21)8-9-34/h1-7,10-11,29,34H,8-9H2,(H2,28,35). The van der Waals surface area contributed by atoms with E-state index in [2.05, 4.69) is 15.4 Å². The van der Waals surface area contributed by atoms with E-state index >= 15 is 0 Å². The molecule has 0 fully saturated rings. The van der Waals surface area contributed by atoms with E-state index in [1.165, 1.54) is 15.4 Å². The van der Waals surface area contributed by atoms with E-state index in [1.807, 2.05) is 0 Å². The monoisotopic (exact) mass is 524 g/mol. The fraction of sp³-hybridized carbons (Fsp3) is 0.136. The third kappa shape index (κ3) is 5.11. The summed E-state index contributed by atoms with van der Waals surface area (Å²) in [6, 6.07) is 11.2. The van der Waals surface area contributed by atoms with Gasteiger partial charge in [0.15, 0.2) is 11.4 Å². The fourth-order valence-corrected chi connectivity index (χ4v) is 3.96. The first-order valence-electron chi connectivity index (χ1n) is 10.0. The summed E-state index contributed by atoms with van der Waals surface area (Å²) in [5.74, 6) is -0.742. The number of rotatable bonds is 7. The van der Waals surface area contributed by atoms with Crippen molar-refractivity contribution in [1.82, 2.24) is 19.3 Å². The van der Waals surface area contributed by atoms with E-state index in [4.69, 9.17) is 28.9 Å². The Balaban J connectivity index is 1.65. The van der Waals surface area contributed by atoms with Crippen molar-refractivity contribution in [2.75, 3.05) is 11.9 Å². The molecule has 13 heteroatoms. The Bertz CT molecular complexity index is 1360. The molecule has 0 atom stereocenters. The second kappa shape index (κ2) is 9.61. The number of aliphatic hydroxyl groups excluding tert-OH is 1. The Hall–Kier alpha value is -3.54. The van der Waals surface area contributed by atoms with Crippen molar-refractivity contribution in [3.63, 3.8) is 0 Å². The maximum Gasteiger partial charge on any atom is 0.434 e.